The normalized spacial score (nSPS) is 24.4. The van der Waals surface area contributed by atoms with E-state index >= 15 is 0 Å². The van der Waals surface area contributed by atoms with Gasteiger partial charge in [-0.3, -0.25) is 0 Å². The molecule has 1 saturated heterocycles. The molecule has 138 valence electrons. The molecule has 2 N–H and O–H groups in total. The van der Waals surface area contributed by atoms with Gasteiger partial charge < -0.3 is 19.7 Å². The third-order valence-electron chi connectivity index (χ3n) is 4.75. The van der Waals surface area contributed by atoms with Crippen molar-refractivity contribution in [3.8, 4) is 0 Å². The highest BCUT2D eigenvalue weighted by molar-refractivity contribution is 4.83. The molecule has 1 rings (SSSR count). The molecule has 3 atom stereocenters. The Balaban J connectivity index is 1.78. The maximum atomic E-state index is 9.83. The smallest absolute Gasteiger partial charge is 0.111 e. The summed E-state index contributed by atoms with van der Waals surface area (Å²) in [6.07, 6.45) is 14.6. The van der Waals surface area contributed by atoms with Crippen molar-refractivity contribution < 1.29 is 19.7 Å². The van der Waals surface area contributed by atoms with E-state index in [1.165, 1.54) is 70.6 Å². The highest BCUT2D eigenvalue weighted by Crippen LogP contribution is 2.17. The molecular weight excluding hydrogens is 292 g/mol. The number of rotatable bonds is 15. The first kappa shape index (κ1) is 20.9. The first-order chi connectivity index (χ1) is 11.3. The lowest BCUT2D eigenvalue weighted by atomic mass is 10.1. The van der Waals surface area contributed by atoms with Crippen LogP contribution in [-0.2, 0) is 9.47 Å². The molecule has 23 heavy (non-hydrogen) atoms. The van der Waals surface area contributed by atoms with Gasteiger partial charge in [-0.1, -0.05) is 77.6 Å². The molecule has 0 radical (unpaired) electrons. The van der Waals surface area contributed by atoms with Crippen LogP contribution in [0.1, 0.15) is 84.0 Å². The molecule has 1 aliphatic heterocycles. The largest absolute Gasteiger partial charge is 0.394 e. The van der Waals surface area contributed by atoms with Gasteiger partial charge in [0.05, 0.1) is 13.2 Å². The fraction of sp³-hybridized carbons (Fsp3) is 1.00. The second-order valence-electron chi connectivity index (χ2n) is 6.84. The van der Waals surface area contributed by atoms with Crippen molar-refractivity contribution in [2.24, 2.45) is 0 Å². The van der Waals surface area contributed by atoms with Crippen molar-refractivity contribution in [1.29, 1.82) is 0 Å². The van der Waals surface area contributed by atoms with Crippen molar-refractivity contribution in [3.05, 3.63) is 0 Å². The molecule has 0 unspecified atom stereocenters. The molecule has 0 spiro atoms. The summed E-state index contributed by atoms with van der Waals surface area (Å²) >= 11 is 0. The van der Waals surface area contributed by atoms with E-state index in [4.69, 9.17) is 14.6 Å². The van der Waals surface area contributed by atoms with Crippen LogP contribution in [0.4, 0.5) is 0 Å². The molecule has 0 aromatic carbocycles. The molecule has 0 amide bonds. The molecule has 1 aliphatic rings. The first-order valence-corrected chi connectivity index (χ1v) is 9.81. The maximum absolute atomic E-state index is 9.83. The number of aliphatic hydroxyl groups excluding tert-OH is 2. The third kappa shape index (κ3) is 9.65. The summed E-state index contributed by atoms with van der Waals surface area (Å²) in [4.78, 5) is 0. The van der Waals surface area contributed by atoms with Gasteiger partial charge in [0.1, 0.15) is 18.3 Å². The Kier molecular flexibility index (Phi) is 12.9. The summed E-state index contributed by atoms with van der Waals surface area (Å²) in [6.45, 7) is 3.20. The number of unbranched alkanes of at least 4 members (excludes halogenated alkanes) is 11. The molecule has 0 aromatic rings. The van der Waals surface area contributed by atoms with Gasteiger partial charge in [0.15, 0.2) is 0 Å². The Labute approximate surface area is 142 Å². The summed E-state index contributed by atoms with van der Waals surface area (Å²) in [5.74, 6) is 0. The molecule has 1 heterocycles. The fourth-order valence-corrected chi connectivity index (χ4v) is 3.14. The highest BCUT2D eigenvalue weighted by Gasteiger charge is 2.35. The van der Waals surface area contributed by atoms with Gasteiger partial charge in [-0.05, 0) is 6.42 Å². The van der Waals surface area contributed by atoms with Gasteiger partial charge in [0, 0.05) is 6.61 Å². The minimum Gasteiger partial charge on any atom is -0.394 e. The van der Waals surface area contributed by atoms with E-state index < -0.39 is 12.2 Å². The molecule has 0 saturated carbocycles. The van der Waals surface area contributed by atoms with Gasteiger partial charge in [0.25, 0.3) is 0 Å². The third-order valence-corrected chi connectivity index (χ3v) is 4.75. The van der Waals surface area contributed by atoms with Crippen molar-refractivity contribution in [2.45, 2.75) is 102 Å². The minimum atomic E-state index is -0.683. The molecular formula is C19H38O4. The van der Waals surface area contributed by atoms with E-state index in [-0.39, 0.29) is 12.7 Å². The Morgan fingerprint density at radius 3 is 1.87 bits per heavy atom. The van der Waals surface area contributed by atoms with Crippen LogP contribution in [-0.4, -0.2) is 48.3 Å². The van der Waals surface area contributed by atoms with Crippen LogP contribution in [0, 0.1) is 0 Å². The van der Waals surface area contributed by atoms with Gasteiger partial charge in [0.2, 0.25) is 0 Å². The SMILES string of the molecule is CCCCCCCCCCCCCCO[C@H]1CO[C@H](CO)[C@@H]1O. The van der Waals surface area contributed by atoms with Crippen LogP contribution >= 0.6 is 0 Å². The minimum absolute atomic E-state index is 0.139. The number of hydrogen-bond donors (Lipinski definition) is 2. The summed E-state index contributed by atoms with van der Waals surface area (Å²) < 4.78 is 10.9. The zero-order valence-electron chi connectivity index (χ0n) is 15.0. The second kappa shape index (κ2) is 14.2. The fourth-order valence-electron chi connectivity index (χ4n) is 3.14. The monoisotopic (exact) mass is 330 g/mol. The van der Waals surface area contributed by atoms with Crippen molar-refractivity contribution in [3.63, 3.8) is 0 Å². The number of aliphatic hydroxyl groups is 2. The molecule has 4 nitrogen and oxygen atoms in total. The Morgan fingerprint density at radius 1 is 0.870 bits per heavy atom. The summed E-state index contributed by atoms with van der Waals surface area (Å²) in [6, 6.07) is 0. The van der Waals surface area contributed by atoms with Crippen LogP contribution in [0.2, 0.25) is 0 Å². The van der Waals surface area contributed by atoms with Crippen LogP contribution in [0.3, 0.4) is 0 Å². The first-order valence-electron chi connectivity index (χ1n) is 9.81. The molecule has 0 bridgehead atoms. The number of hydrogen-bond acceptors (Lipinski definition) is 4. The van der Waals surface area contributed by atoms with Gasteiger partial charge in [-0.15, -0.1) is 0 Å². The Hall–Kier alpha value is -0.160. The van der Waals surface area contributed by atoms with E-state index in [0.717, 1.165) is 6.42 Å². The average molecular weight is 331 g/mol. The zero-order chi connectivity index (χ0) is 16.8. The molecule has 0 aromatic heterocycles. The van der Waals surface area contributed by atoms with Crippen molar-refractivity contribution in [1.82, 2.24) is 0 Å². The van der Waals surface area contributed by atoms with Crippen molar-refractivity contribution in [2.75, 3.05) is 19.8 Å². The molecule has 1 fully saturated rings. The number of ether oxygens (including phenoxy) is 2. The van der Waals surface area contributed by atoms with E-state index in [1.807, 2.05) is 0 Å². The quantitative estimate of drug-likeness (QED) is 0.448. The van der Waals surface area contributed by atoms with E-state index in [2.05, 4.69) is 6.92 Å². The maximum Gasteiger partial charge on any atom is 0.111 e. The predicted octanol–water partition coefficient (Wildman–Crippen LogP) is 3.82. The Bertz CT molecular complexity index is 260. The average Bonchev–Trinajstić information content (AvgIpc) is 2.92. The summed E-state index contributed by atoms with van der Waals surface area (Å²) in [5, 5.41) is 18.8. The Morgan fingerprint density at radius 2 is 1.39 bits per heavy atom. The topological polar surface area (TPSA) is 58.9 Å². The molecule has 4 heteroatoms. The lowest BCUT2D eigenvalue weighted by molar-refractivity contribution is -0.0288. The zero-order valence-corrected chi connectivity index (χ0v) is 15.0. The highest BCUT2D eigenvalue weighted by atomic mass is 16.6. The predicted molar refractivity (Wildman–Crippen MR) is 93.7 cm³/mol. The summed E-state index contributed by atoms with van der Waals surface area (Å²) in [5.41, 5.74) is 0. The van der Waals surface area contributed by atoms with Gasteiger partial charge in [-0.25, -0.2) is 0 Å². The van der Waals surface area contributed by atoms with Crippen LogP contribution in [0.25, 0.3) is 0 Å². The van der Waals surface area contributed by atoms with Crippen LogP contribution < -0.4 is 0 Å². The van der Waals surface area contributed by atoms with Crippen molar-refractivity contribution >= 4 is 0 Å². The lowest BCUT2D eigenvalue weighted by Gasteiger charge is -2.16. The van der Waals surface area contributed by atoms with Gasteiger partial charge in [-0.2, -0.15) is 0 Å². The summed E-state index contributed by atoms with van der Waals surface area (Å²) in [7, 11) is 0. The molecule has 0 aliphatic carbocycles. The van der Waals surface area contributed by atoms with Crippen LogP contribution in [0.15, 0.2) is 0 Å². The van der Waals surface area contributed by atoms with E-state index in [9.17, 15) is 5.11 Å². The lowest BCUT2D eigenvalue weighted by Crippen LogP contribution is -2.34. The van der Waals surface area contributed by atoms with E-state index in [0.29, 0.717) is 13.2 Å². The van der Waals surface area contributed by atoms with Gasteiger partial charge >= 0.3 is 0 Å². The second-order valence-corrected chi connectivity index (χ2v) is 6.84. The van der Waals surface area contributed by atoms with E-state index in [1.54, 1.807) is 0 Å². The standard InChI is InChI=1S/C19H38O4/c1-2-3-4-5-6-7-8-9-10-11-12-13-14-22-18-16-23-17(15-20)19(18)21/h17-21H,2-16H2,1H3/t17-,18+,19+/m1/s1. The van der Waals surface area contributed by atoms with Crippen LogP contribution in [0.5, 0.6) is 0 Å².